The highest BCUT2D eigenvalue weighted by Crippen LogP contribution is 2.28. The second-order valence-electron chi connectivity index (χ2n) is 6.02. The van der Waals surface area contributed by atoms with E-state index < -0.39 is 18.2 Å². The molecule has 0 bridgehead atoms. The van der Waals surface area contributed by atoms with Crippen molar-refractivity contribution >= 4 is 28.9 Å². The number of nitrogens with one attached hydrogen (secondary N) is 1. The number of nitrogens with two attached hydrogens (primary N) is 1. The van der Waals surface area contributed by atoms with Crippen LogP contribution in [0, 0.1) is 18.3 Å². The van der Waals surface area contributed by atoms with Gasteiger partial charge in [-0.3, -0.25) is 4.98 Å². The molecule has 3 aromatic rings. The van der Waals surface area contributed by atoms with E-state index in [4.69, 9.17) is 22.4 Å². The van der Waals surface area contributed by atoms with Crippen molar-refractivity contribution in [3.05, 3.63) is 45.9 Å². The van der Waals surface area contributed by atoms with Crippen LogP contribution in [0.15, 0.2) is 18.2 Å². The van der Waals surface area contributed by atoms with Crippen LogP contribution in [0.2, 0.25) is 5.02 Å². The molecule has 0 saturated heterocycles. The van der Waals surface area contributed by atoms with E-state index in [2.05, 4.69) is 20.4 Å². The SMILES string of the molecule is Cc1nn2c(N)c(C#N)c(NCCc3cccc(C(F)(F)CO)n3)nc2c1Cl. The summed E-state index contributed by atoms with van der Waals surface area (Å²) >= 11 is 6.17. The van der Waals surface area contributed by atoms with Gasteiger partial charge in [0.05, 0.1) is 5.69 Å². The Balaban J connectivity index is 1.82. The maximum absolute atomic E-state index is 13.6. The number of rotatable bonds is 6. The monoisotopic (exact) mass is 407 g/mol. The molecule has 0 atom stereocenters. The summed E-state index contributed by atoms with van der Waals surface area (Å²) < 4.78 is 28.4. The lowest BCUT2D eigenvalue weighted by Crippen LogP contribution is -2.21. The molecule has 0 unspecified atom stereocenters. The molecule has 0 aliphatic heterocycles. The van der Waals surface area contributed by atoms with Gasteiger partial charge in [-0.1, -0.05) is 17.7 Å². The van der Waals surface area contributed by atoms with Crippen molar-refractivity contribution in [1.29, 1.82) is 5.26 Å². The van der Waals surface area contributed by atoms with Crippen LogP contribution in [0.3, 0.4) is 0 Å². The predicted molar refractivity (Wildman–Crippen MR) is 99.3 cm³/mol. The maximum Gasteiger partial charge on any atom is 0.312 e. The summed E-state index contributed by atoms with van der Waals surface area (Å²) in [5.74, 6) is -3.10. The van der Waals surface area contributed by atoms with E-state index in [1.165, 1.54) is 10.6 Å². The number of hydrogen-bond acceptors (Lipinski definition) is 7. The van der Waals surface area contributed by atoms with Gasteiger partial charge in [0.15, 0.2) is 5.65 Å². The zero-order valence-electron chi connectivity index (χ0n) is 14.7. The van der Waals surface area contributed by atoms with Crippen molar-refractivity contribution < 1.29 is 13.9 Å². The van der Waals surface area contributed by atoms with Crippen molar-refractivity contribution in [2.75, 3.05) is 24.2 Å². The molecular formula is C17H16ClF2N7O. The number of aliphatic hydroxyl groups is 1. The quantitative estimate of drug-likeness (QED) is 0.572. The van der Waals surface area contributed by atoms with Crippen molar-refractivity contribution in [3.63, 3.8) is 0 Å². The summed E-state index contributed by atoms with van der Waals surface area (Å²) in [5.41, 5.74) is 6.81. The molecule has 0 aliphatic rings. The van der Waals surface area contributed by atoms with Gasteiger partial charge >= 0.3 is 5.92 Å². The van der Waals surface area contributed by atoms with E-state index in [0.29, 0.717) is 22.1 Å². The van der Waals surface area contributed by atoms with Crippen molar-refractivity contribution in [3.8, 4) is 6.07 Å². The van der Waals surface area contributed by atoms with E-state index in [9.17, 15) is 14.0 Å². The first-order chi connectivity index (χ1) is 13.3. The molecule has 28 heavy (non-hydrogen) atoms. The Labute approximate surface area is 163 Å². The standard InChI is InChI=1S/C17H16ClF2N7O/c1-9-13(18)16-25-15(11(7-21)14(22)27(16)26-9)23-6-5-10-3-2-4-12(24-10)17(19,20)8-28/h2-4,28H,5-6,8,22H2,1H3,(H,23,25). The number of nitrogen functional groups attached to an aromatic ring is 1. The van der Waals surface area contributed by atoms with Gasteiger partial charge in [0.25, 0.3) is 0 Å². The Morgan fingerprint density at radius 2 is 2.14 bits per heavy atom. The third kappa shape index (κ3) is 3.54. The first kappa shape index (κ1) is 19.7. The minimum absolute atomic E-state index is 0.0905. The van der Waals surface area contributed by atoms with E-state index in [-0.39, 0.29) is 30.2 Å². The van der Waals surface area contributed by atoms with E-state index in [0.717, 1.165) is 6.07 Å². The molecule has 3 rings (SSSR count). The number of pyridine rings is 1. The van der Waals surface area contributed by atoms with Gasteiger partial charge in [-0.2, -0.15) is 23.7 Å². The first-order valence-electron chi connectivity index (χ1n) is 8.22. The van der Waals surface area contributed by atoms with Gasteiger partial charge < -0.3 is 16.2 Å². The van der Waals surface area contributed by atoms with Crippen LogP contribution in [-0.2, 0) is 12.3 Å². The Morgan fingerprint density at radius 1 is 1.39 bits per heavy atom. The molecule has 0 fully saturated rings. The van der Waals surface area contributed by atoms with Gasteiger partial charge in [0, 0.05) is 18.7 Å². The minimum Gasteiger partial charge on any atom is -0.390 e. The largest absolute Gasteiger partial charge is 0.390 e. The third-order valence-corrected chi connectivity index (χ3v) is 4.51. The summed E-state index contributed by atoms with van der Waals surface area (Å²) in [5, 5.41) is 25.6. The lowest BCUT2D eigenvalue weighted by Gasteiger charge is -2.14. The Morgan fingerprint density at radius 3 is 2.82 bits per heavy atom. The molecule has 0 amide bonds. The number of fused-ring (bicyclic) bond motifs is 1. The average molecular weight is 408 g/mol. The maximum atomic E-state index is 13.6. The topological polar surface area (TPSA) is 125 Å². The Kier molecular flexibility index (Phi) is 5.31. The number of nitriles is 1. The number of hydrogen-bond donors (Lipinski definition) is 3. The fourth-order valence-electron chi connectivity index (χ4n) is 2.60. The van der Waals surface area contributed by atoms with E-state index >= 15 is 0 Å². The minimum atomic E-state index is -3.41. The number of nitrogens with zero attached hydrogens (tertiary/aromatic N) is 5. The summed E-state index contributed by atoms with van der Waals surface area (Å²) in [6, 6.07) is 6.16. The summed E-state index contributed by atoms with van der Waals surface area (Å²) in [6.45, 7) is 0.627. The van der Waals surface area contributed by atoms with Gasteiger partial charge in [0.2, 0.25) is 0 Å². The van der Waals surface area contributed by atoms with Crippen molar-refractivity contribution in [2.24, 2.45) is 0 Å². The molecule has 0 aromatic carbocycles. The van der Waals surface area contributed by atoms with Crippen molar-refractivity contribution in [2.45, 2.75) is 19.3 Å². The van der Waals surface area contributed by atoms with Gasteiger partial charge in [-0.15, -0.1) is 0 Å². The molecule has 11 heteroatoms. The molecular weight excluding hydrogens is 392 g/mol. The number of aromatic nitrogens is 4. The predicted octanol–water partition coefficient (Wildman–Crippen LogP) is 2.28. The van der Waals surface area contributed by atoms with Crippen LogP contribution < -0.4 is 11.1 Å². The number of anilines is 2. The number of halogens is 3. The fourth-order valence-corrected chi connectivity index (χ4v) is 2.76. The summed E-state index contributed by atoms with van der Waals surface area (Å²) in [4.78, 5) is 8.19. The van der Waals surface area contributed by atoms with E-state index in [1.807, 2.05) is 6.07 Å². The molecule has 0 aliphatic carbocycles. The molecule has 146 valence electrons. The summed E-state index contributed by atoms with van der Waals surface area (Å²) in [6.07, 6.45) is 0.277. The Bertz CT molecular complexity index is 1080. The van der Waals surface area contributed by atoms with Gasteiger partial charge in [-0.05, 0) is 19.1 Å². The van der Waals surface area contributed by atoms with Crippen LogP contribution in [0.5, 0.6) is 0 Å². The second kappa shape index (κ2) is 7.53. The molecule has 3 aromatic heterocycles. The van der Waals surface area contributed by atoms with Crippen LogP contribution in [0.1, 0.15) is 22.6 Å². The van der Waals surface area contributed by atoms with E-state index in [1.54, 1.807) is 13.0 Å². The molecule has 8 nitrogen and oxygen atoms in total. The molecule has 0 spiro atoms. The Hall–Kier alpha value is -3.03. The highest BCUT2D eigenvalue weighted by Gasteiger charge is 2.32. The first-order valence-corrected chi connectivity index (χ1v) is 8.59. The molecule has 0 saturated carbocycles. The smallest absolute Gasteiger partial charge is 0.312 e. The normalized spacial score (nSPS) is 11.6. The number of aryl methyl sites for hydroxylation is 1. The third-order valence-electron chi connectivity index (χ3n) is 4.07. The summed E-state index contributed by atoms with van der Waals surface area (Å²) in [7, 11) is 0. The highest BCUT2D eigenvalue weighted by molar-refractivity contribution is 6.34. The molecule has 4 N–H and O–H groups in total. The van der Waals surface area contributed by atoms with Crippen LogP contribution in [-0.4, -0.2) is 37.8 Å². The van der Waals surface area contributed by atoms with Gasteiger partial charge in [0.1, 0.15) is 40.6 Å². The number of alkyl halides is 2. The molecule has 0 radical (unpaired) electrons. The van der Waals surface area contributed by atoms with Crippen LogP contribution >= 0.6 is 11.6 Å². The number of aliphatic hydroxyl groups excluding tert-OH is 1. The lowest BCUT2D eigenvalue weighted by atomic mass is 10.2. The van der Waals surface area contributed by atoms with Crippen molar-refractivity contribution in [1.82, 2.24) is 19.6 Å². The average Bonchev–Trinajstić information content (AvgIpc) is 2.97. The second-order valence-corrected chi connectivity index (χ2v) is 6.40. The lowest BCUT2D eigenvalue weighted by molar-refractivity contribution is -0.0593. The fraction of sp³-hybridized carbons (Fsp3) is 0.294. The highest BCUT2D eigenvalue weighted by atomic mass is 35.5. The molecule has 3 heterocycles. The zero-order valence-corrected chi connectivity index (χ0v) is 15.5. The van der Waals surface area contributed by atoms with Crippen LogP contribution in [0.4, 0.5) is 20.4 Å². The van der Waals surface area contributed by atoms with Gasteiger partial charge in [-0.25, -0.2) is 4.98 Å². The van der Waals surface area contributed by atoms with Crippen LogP contribution in [0.25, 0.3) is 5.65 Å². The zero-order chi connectivity index (χ0) is 20.5.